The Hall–Kier alpha value is -2.31. The molecule has 0 bridgehead atoms. The van der Waals surface area contributed by atoms with Crippen molar-refractivity contribution in [2.24, 2.45) is 0 Å². The molecule has 0 aliphatic heterocycles. The van der Waals surface area contributed by atoms with Crippen LogP contribution in [0, 0.1) is 6.92 Å². The van der Waals surface area contributed by atoms with Crippen molar-refractivity contribution in [3.8, 4) is 0 Å². The van der Waals surface area contributed by atoms with Gasteiger partial charge >= 0.3 is 147 Å². The molecular formula is C21H19AsO2. The second-order valence-electron chi connectivity index (χ2n) is 5.52. The molecule has 0 aliphatic carbocycles. The molecule has 1 atom stereocenters. The van der Waals surface area contributed by atoms with E-state index in [9.17, 15) is 4.79 Å². The van der Waals surface area contributed by atoms with Crippen LogP contribution in [0.4, 0.5) is 0 Å². The van der Waals surface area contributed by atoms with E-state index in [0.717, 1.165) is 4.35 Å². The molecule has 0 aliphatic rings. The maximum atomic E-state index is 12.3. The van der Waals surface area contributed by atoms with Crippen molar-refractivity contribution in [2.75, 3.05) is 7.11 Å². The topological polar surface area (TPSA) is 26.3 Å². The maximum absolute atomic E-state index is 12.3. The Kier molecular flexibility index (Phi) is 5.17. The quantitative estimate of drug-likeness (QED) is 0.515. The number of methoxy groups -OCH3 is 1. The van der Waals surface area contributed by atoms with Crippen LogP contribution in [0.15, 0.2) is 78.9 Å². The summed E-state index contributed by atoms with van der Waals surface area (Å²) in [4.78, 5) is 12.3. The summed E-state index contributed by atoms with van der Waals surface area (Å²) in [7, 11) is 1.44. The predicted octanol–water partition coefficient (Wildman–Crippen LogP) is 2.30. The fourth-order valence-corrected chi connectivity index (χ4v) is 7.71. The summed E-state index contributed by atoms with van der Waals surface area (Å²) in [5.74, 6) is -0.270. The number of hydrogen-bond donors (Lipinski definition) is 0. The first-order valence-electron chi connectivity index (χ1n) is 7.80. The van der Waals surface area contributed by atoms with Gasteiger partial charge in [0.25, 0.3) is 0 Å². The van der Waals surface area contributed by atoms with Crippen molar-refractivity contribution in [1.29, 1.82) is 0 Å². The van der Waals surface area contributed by atoms with Gasteiger partial charge in [0.1, 0.15) is 0 Å². The third-order valence-corrected chi connectivity index (χ3v) is 9.10. The van der Waals surface area contributed by atoms with Gasteiger partial charge in [-0.05, 0) is 0 Å². The van der Waals surface area contributed by atoms with E-state index in [0.29, 0.717) is 5.56 Å². The summed E-state index contributed by atoms with van der Waals surface area (Å²) in [6.07, 6.45) is 0. The number of esters is 1. The zero-order valence-corrected chi connectivity index (χ0v) is 15.6. The number of carbonyl (C=O) groups is 1. The monoisotopic (exact) mass is 378 g/mol. The van der Waals surface area contributed by atoms with E-state index in [2.05, 4.69) is 61.5 Å². The van der Waals surface area contributed by atoms with E-state index in [1.165, 1.54) is 21.4 Å². The van der Waals surface area contributed by atoms with E-state index >= 15 is 0 Å². The van der Waals surface area contributed by atoms with Crippen molar-refractivity contribution in [2.45, 2.75) is 6.92 Å². The van der Waals surface area contributed by atoms with Gasteiger partial charge < -0.3 is 0 Å². The van der Waals surface area contributed by atoms with Gasteiger partial charge in [-0.3, -0.25) is 0 Å². The fourth-order valence-electron chi connectivity index (χ4n) is 2.65. The van der Waals surface area contributed by atoms with Crippen LogP contribution in [0.2, 0.25) is 0 Å². The molecule has 3 heteroatoms. The van der Waals surface area contributed by atoms with Gasteiger partial charge in [0.05, 0.1) is 0 Å². The molecule has 3 aromatic rings. The molecule has 0 amide bonds. The van der Waals surface area contributed by atoms with Crippen LogP contribution in [0.3, 0.4) is 0 Å². The van der Waals surface area contributed by atoms with Gasteiger partial charge in [-0.15, -0.1) is 0 Å². The fraction of sp³-hybridized carbons (Fsp3) is 0.0952. The molecule has 0 aromatic heterocycles. The standard InChI is InChI=1S/C21H19AsO2/c1-16-12-14-18(15-13-16)22(17-8-4-3-5-9-17)20-11-7-6-10-19(20)21(23)24-2/h3-15H,1-2H3. The average Bonchev–Trinajstić information content (AvgIpc) is 2.64. The number of ether oxygens (including phenoxy) is 1. The Morgan fingerprint density at radius 1 is 0.792 bits per heavy atom. The summed E-state index contributed by atoms with van der Waals surface area (Å²) in [6.45, 7) is 2.09. The summed E-state index contributed by atoms with van der Waals surface area (Å²) in [5, 5.41) is 0. The molecule has 120 valence electrons. The molecule has 3 rings (SSSR count). The minimum absolute atomic E-state index is 0.270. The molecule has 0 saturated carbocycles. The van der Waals surface area contributed by atoms with Crippen molar-refractivity contribution in [3.63, 3.8) is 0 Å². The summed E-state index contributed by atoms with van der Waals surface area (Å²) >= 11 is -1.83. The van der Waals surface area contributed by atoms with Crippen molar-refractivity contribution >= 4 is 33.7 Å². The molecule has 3 aromatic carbocycles. The summed E-state index contributed by atoms with van der Waals surface area (Å²) in [6, 6.07) is 27.0. The van der Waals surface area contributed by atoms with E-state index in [-0.39, 0.29) is 5.97 Å². The molecule has 0 N–H and O–H groups in total. The number of benzene rings is 3. The Bertz CT molecular complexity index is 826. The van der Waals surface area contributed by atoms with Crippen molar-refractivity contribution < 1.29 is 9.53 Å². The van der Waals surface area contributed by atoms with Crippen LogP contribution in [-0.4, -0.2) is 27.7 Å². The first-order valence-corrected chi connectivity index (χ1v) is 10.6. The molecule has 0 saturated heterocycles. The summed E-state index contributed by atoms with van der Waals surface area (Å²) < 4.78 is 8.70. The number of hydrogen-bond acceptors (Lipinski definition) is 2. The van der Waals surface area contributed by atoms with Crippen molar-refractivity contribution in [1.82, 2.24) is 0 Å². The van der Waals surface area contributed by atoms with E-state index in [1.54, 1.807) is 0 Å². The number of carbonyl (C=O) groups excluding carboxylic acids is 1. The van der Waals surface area contributed by atoms with E-state index < -0.39 is 14.7 Å². The van der Waals surface area contributed by atoms with Crippen LogP contribution in [0.25, 0.3) is 0 Å². The van der Waals surface area contributed by atoms with Crippen LogP contribution in [0.1, 0.15) is 15.9 Å². The molecule has 2 nitrogen and oxygen atoms in total. The third-order valence-electron chi connectivity index (χ3n) is 3.86. The van der Waals surface area contributed by atoms with Crippen LogP contribution in [0.5, 0.6) is 0 Å². The summed E-state index contributed by atoms with van der Waals surface area (Å²) in [5.41, 5.74) is 1.91. The van der Waals surface area contributed by atoms with Gasteiger partial charge in [0.2, 0.25) is 0 Å². The van der Waals surface area contributed by atoms with Crippen molar-refractivity contribution in [3.05, 3.63) is 90.0 Å². The first kappa shape index (κ1) is 16.5. The molecule has 1 unspecified atom stereocenters. The number of rotatable bonds is 4. The van der Waals surface area contributed by atoms with Gasteiger partial charge in [-0.2, -0.15) is 0 Å². The van der Waals surface area contributed by atoms with Gasteiger partial charge in [-0.25, -0.2) is 0 Å². The third kappa shape index (κ3) is 3.44. The van der Waals surface area contributed by atoms with Crippen LogP contribution in [-0.2, 0) is 4.74 Å². The Morgan fingerprint density at radius 2 is 1.38 bits per heavy atom. The Labute approximate surface area is 147 Å². The predicted molar refractivity (Wildman–Crippen MR) is 100 cm³/mol. The average molecular weight is 378 g/mol. The second-order valence-corrected chi connectivity index (χ2v) is 10.1. The van der Waals surface area contributed by atoms with Gasteiger partial charge in [-0.1, -0.05) is 0 Å². The van der Waals surface area contributed by atoms with Gasteiger partial charge in [0, 0.05) is 0 Å². The molecule has 0 radical (unpaired) electrons. The van der Waals surface area contributed by atoms with E-state index in [1.807, 2.05) is 24.3 Å². The van der Waals surface area contributed by atoms with Crippen LogP contribution >= 0.6 is 0 Å². The Morgan fingerprint density at radius 3 is 2.04 bits per heavy atom. The Balaban J connectivity index is 2.20. The molecule has 24 heavy (non-hydrogen) atoms. The van der Waals surface area contributed by atoms with Crippen LogP contribution < -0.4 is 13.1 Å². The SMILES string of the molecule is COC(=O)c1ccccc1[As](c1ccccc1)c1ccc(C)cc1. The second kappa shape index (κ2) is 7.51. The number of aryl methyl sites for hydroxylation is 1. The normalized spacial score (nSPS) is 11.8. The zero-order chi connectivity index (χ0) is 16.9. The molecule has 0 heterocycles. The molecule has 0 spiro atoms. The van der Waals surface area contributed by atoms with Gasteiger partial charge in [0.15, 0.2) is 0 Å². The van der Waals surface area contributed by atoms with E-state index in [4.69, 9.17) is 4.74 Å². The first-order chi connectivity index (χ1) is 11.7. The molecular weight excluding hydrogens is 359 g/mol. The minimum atomic E-state index is -1.83. The molecule has 0 fully saturated rings. The zero-order valence-electron chi connectivity index (χ0n) is 13.8.